The van der Waals surface area contributed by atoms with Gasteiger partial charge in [-0.3, -0.25) is 19.4 Å². The normalized spacial score (nSPS) is 16.3. The Balaban J connectivity index is 0.0000111. The van der Waals surface area contributed by atoms with Gasteiger partial charge in [0.05, 0.1) is 31.2 Å². The van der Waals surface area contributed by atoms with Crippen LogP contribution < -0.4 is 25.3 Å². The number of nitrogens with one attached hydrogen (secondary N) is 3. The third-order valence-corrected chi connectivity index (χ3v) is 17.1. The average Bonchev–Trinajstić information content (AvgIpc) is 4.08. The number of hydrogen-bond donors (Lipinski definition) is 1. The van der Waals surface area contributed by atoms with Crippen LogP contribution >= 0.6 is 0 Å². The van der Waals surface area contributed by atoms with Crippen LogP contribution in [0.1, 0.15) is 233 Å². The number of benzene rings is 2. The molecule has 0 spiro atoms. The van der Waals surface area contributed by atoms with Crippen molar-refractivity contribution in [2.45, 2.75) is 184 Å². The second-order valence-corrected chi connectivity index (χ2v) is 23.8. The molecule has 6 unspecified atom stereocenters. The van der Waals surface area contributed by atoms with Gasteiger partial charge in [0.1, 0.15) is 12.2 Å². The van der Waals surface area contributed by atoms with Crippen LogP contribution in [-0.2, 0) is 36.7 Å². The quantitative estimate of drug-likeness (QED) is 0.0270. The van der Waals surface area contributed by atoms with Crippen LogP contribution in [0, 0.1) is 17.8 Å². The maximum Gasteiger partial charge on any atom is 2.00 e. The molecule has 0 fully saturated rings. The first-order valence-corrected chi connectivity index (χ1v) is 30.4. The number of ether oxygens (including phenoxy) is 2. The molecule has 3 N–H and O–H groups in total. The summed E-state index contributed by atoms with van der Waals surface area (Å²) in [4.78, 5) is 66.0. The number of aliphatic imine (C=N–C) groups is 1. The molecule has 7 rings (SSSR count). The van der Waals surface area contributed by atoms with Crippen LogP contribution in [0.5, 0.6) is 0 Å². The number of carbonyl (C=O) groups excluding carboxylic acids is 3. The van der Waals surface area contributed by atoms with E-state index in [0.29, 0.717) is 52.6 Å². The van der Waals surface area contributed by atoms with Gasteiger partial charge in [-0.25, -0.2) is 9.97 Å². The standard InChI is InChI=1S/C71H91N6O5.Mg/c1-14-55-48(8)60-40-61-49(9)57(35-36-66(78)82-38-37-47(7)30-24-29-46(6)28-23-27-45(5)26-22-25-44(3)4)69(76-61)58(39-67(79)81-13)70-68(71(80)73-52(12)54-33-20-17-21-34-54)50(10)62(77-70)41-64-56(15-2)59(65(75-64)42-63(55)74-60)43-72-51(11)53-31-18-16-19-32-53;/h14,16-21,31-34,37,40-46,49,51-52,57H,1,15,22-30,35-36,38-39H2,2-13H3,(H2-,72,73,74,75,76,77,80);/q-1;+2/p+1/b47-37+;. The van der Waals surface area contributed by atoms with Gasteiger partial charge in [0, 0.05) is 29.3 Å². The van der Waals surface area contributed by atoms with Gasteiger partial charge in [-0.05, 0) is 131 Å². The van der Waals surface area contributed by atoms with Crippen molar-refractivity contribution in [3.63, 3.8) is 0 Å². The molecule has 1 amide bonds. The van der Waals surface area contributed by atoms with Crippen molar-refractivity contribution < 1.29 is 33.8 Å². The van der Waals surface area contributed by atoms with Gasteiger partial charge < -0.3 is 24.8 Å². The summed E-state index contributed by atoms with van der Waals surface area (Å²) in [5, 5.41) is 3.28. The monoisotopic (exact) mass is 1130 g/mol. The summed E-state index contributed by atoms with van der Waals surface area (Å²) in [7, 11) is 1.37. The number of methoxy groups -OCH3 is 1. The molecule has 3 aliphatic heterocycles. The van der Waals surface area contributed by atoms with Crippen molar-refractivity contribution in [2.24, 2.45) is 22.7 Å². The zero-order valence-corrected chi connectivity index (χ0v) is 53.4. The number of aryl methyl sites for hydroxylation is 1. The average molecular weight is 1130 g/mol. The van der Waals surface area contributed by atoms with E-state index in [1.54, 1.807) is 0 Å². The van der Waals surface area contributed by atoms with E-state index in [2.05, 4.69) is 108 Å². The number of H-pyrrole nitrogens is 2. The maximum atomic E-state index is 15.1. The number of carbonyl (C=O) groups is 3. The number of fused-ring (bicyclic) bond motifs is 8. The first kappa shape index (κ1) is 65.8. The molecular weight excluding hydrogens is 1040 g/mol. The number of rotatable bonds is 27. The molecule has 6 atom stereocenters. The van der Waals surface area contributed by atoms with Crippen molar-refractivity contribution >= 4 is 80.4 Å². The molecule has 0 saturated heterocycles. The van der Waals surface area contributed by atoms with Gasteiger partial charge in [-0.2, -0.15) is 0 Å². The van der Waals surface area contributed by atoms with E-state index in [-0.39, 0.29) is 78.3 Å². The minimum absolute atomic E-state index is 0. The SMILES string of the molecule is C=CC1=C(C)c2cc3[n-]c(c(CC(=O)OC)c4[nH+]c(cc5[n-]c(cc1[nH+]2)c(C=NC(C)c1ccccc1)c5CC)C(C)=C4C(=O)NC(C)c1ccccc1)C(CCC(=O)OC/C=C(\C)CCCC(C)CCCC(C)CCCC(C)C)C3C.[Mg+2]. The fraction of sp³-hybridized carbons (Fsp3) is 0.465. The topological polar surface area (TPSA) is 151 Å². The van der Waals surface area contributed by atoms with Crippen molar-refractivity contribution in [3.05, 3.63) is 165 Å². The minimum Gasteiger partial charge on any atom is -0.664 e. The molecule has 0 radical (unpaired) electrons. The van der Waals surface area contributed by atoms with Crippen LogP contribution in [0.25, 0.3) is 33.3 Å². The van der Waals surface area contributed by atoms with E-state index < -0.39 is 5.97 Å². The van der Waals surface area contributed by atoms with Crippen LogP contribution in [0.4, 0.5) is 0 Å². The Morgan fingerprint density at radius 3 is 2.02 bits per heavy atom. The second kappa shape index (κ2) is 31.5. The number of nitrogens with zero attached hydrogens (tertiary/aromatic N) is 3. The Morgan fingerprint density at radius 2 is 1.39 bits per heavy atom. The summed E-state index contributed by atoms with van der Waals surface area (Å²) in [5.74, 6) is 0.610. The number of hydrogen-bond acceptors (Lipinski definition) is 6. The summed E-state index contributed by atoms with van der Waals surface area (Å²) in [6, 6.07) is 25.7. The van der Waals surface area contributed by atoms with E-state index in [1.807, 2.05) is 86.8 Å². The Bertz CT molecular complexity index is 3240. The number of esters is 2. The van der Waals surface area contributed by atoms with E-state index in [0.717, 1.165) is 86.2 Å². The van der Waals surface area contributed by atoms with E-state index >= 15 is 4.79 Å². The summed E-state index contributed by atoms with van der Waals surface area (Å²) in [6.07, 6.45) is 18.0. The molecule has 11 nitrogen and oxygen atoms in total. The van der Waals surface area contributed by atoms with E-state index in [1.165, 1.54) is 57.6 Å². The molecule has 8 bridgehead atoms. The van der Waals surface area contributed by atoms with Gasteiger partial charge in [0.15, 0.2) is 0 Å². The molecule has 2 aromatic carbocycles. The molecule has 12 heteroatoms. The summed E-state index contributed by atoms with van der Waals surface area (Å²) >= 11 is 0. The number of aromatic amines is 2. The largest absolute Gasteiger partial charge is 2.00 e. The Kier molecular flexibility index (Phi) is 25.0. The van der Waals surface area contributed by atoms with Crippen molar-refractivity contribution in [3.8, 4) is 0 Å². The summed E-state index contributed by atoms with van der Waals surface area (Å²) in [6.45, 7) is 28.3. The predicted molar refractivity (Wildman–Crippen MR) is 339 cm³/mol. The second-order valence-electron chi connectivity index (χ2n) is 23.8. The minimum atomic E-state index is -0.494. The predicted octanol–water partition coefficient (Wildman–Crippen LogP) is 14.7. The molecule has 0 saturated carbocycles. The van der Waals surface area contributed by atoms with Crippen molar-refractivity contribution in [1.82, 2.24) is 15.3 Å². The fourth-order valence-electron chi connectivity index (χ4n) is 11.8. The van der Waals surface area contributed by atoms with Gasteiger partial charge >= 0.3 is 35.0 Å². The van der Waals surface area contributed by atoms with E-state index in [4.69, 9.17) is 24.4 Å². The van der Waals surface area contributed by atoms with Crippen molar-refractivity contribution in [1.29, 1.82) is 0 Å². The van der Waals surface area contributed by atoms with Crippen LogP contribution in [0.2, 0.25) is 0 Å². The first-order valence-electron chi connectivity index (χ1n) is 30.4. The Labute approximate surface area is 511 Å². The Morgan fingerprint density at radius 1 is 0.759 bits per heavy atom. The third-order valence-electron chi connectivity index (χ3n) is 17.1. The van der Waals surface area contributed by atoms with Gasteiger partial charge in [0.25, 0.3) is 5.91 Å². The first-order chi connectivity index (χ1) is 39.4. The van der Waals surface area contributed by atoms with E-state index in [9.17, 15) is 9.59 Å². The molecule has 436 valence electrons. The summed E-state index contributed by atoms with van der Waals surface area (Å²) in [5.41, 5.74) is 14.3. The smallest absolute Gasteiger partial charge is 0.664 e. The van der Waals surface area contributed by atoms with Crippen LogP contribution in [0.3, 0.4) is 0 Å². The van der Waals surface area contributed by atoms with Crippen molar-refractivity contribution in [2.75, 3.05) is 13.7 Å². The number of aromatic nitrogens is 4. The fourth-order valence-corrected chi connectivity index (χ4v) is 11.8. The zero-order chi connectivity index (χ0) is 59.0. The van der Waals surface area contributed by atoms with Gasteiger partial charge in [0.2, 0.25) is 22.8 Å². The number of allylic oxidation sites excluding steroid dienone is 5. The molecule has 5 heterocycles. The van der Waals surface area contributed by atoms with Gasteiger partial charge in [-0.15, -0.1) is 22.4 Å². The van der Waals surface area contributed by atoms with Gasteiger partial charge in [-0.1, -0.05) is 171 Å². The zero-order valence-electron chi connectivity index (χ0n) is 52.0. The molecule has 2 aromatic heterocycles. The van der Waals surface area contributed by atoms with Crippen LogP contribution in [-0.4, -0.2) is 60.8 Å². The maximum absolute atomic E-state index is 15.1. The molecule has 83 heavy (non-hydrogen) atoms. The summed E-state index contributed by atoms with van der Waals surface area (Å²) < 4.78 is 11.3. The number of amides is 1. The third kappa shape index (κ3) is 17.4. The molecule has 3 aliphatic rings. The molecule has 0 aliphatic carbocycles. The Hall–Kier alpha value is -6.37. The molecular formula is C71H92MgN6O5+2. The molecule has 4 aromatic rings. The van der Waals surface area contributed by atoms with Crippen LogP contribution in [0.15, 0.2) is 108 Å².